The van der Waals surface area contributed by atoms with Crippen molar-refractivity contribution in [3.05, 3.63) is 35.4 Å². The lowest BCUT2D eigenvalue weighted by atomic mass is 9.69. The van der Waals surface area contributed by atoms with Gasteiger partial charge in [0.1, 0.15) is 0 Å². The summed E-state index contributed by atoms with van der Waals surface area (Å²) in [5, 5.41) is -0.224. The summed E-state index contributed by atoms with van der Waals surface area (Å²) in [5.74, 6) is -0.101. The minimum Gasteiger partial charge on any atom is -0.281 e. The van der Waals surface area contributed by atoms with Crippen molar-refractivity contribution < 1.29 is 4.79 Å². The van der Waals surface area contributed by atoms with Crippen LogP contribution in [-0.2, 0) is 10.2 Å². The van der Waals surface area contributed by atoms with E-state index in [1.165, 1.54) is 5.56 Å². The molecule has 0 N–H and O–H groups in total. The third-order valence-electron chi connectivity index (χ3n) is 3.40. The Balaban J connectivity index is 2.53. The van der Waals surface area contributed by atoms with E-state index >= 15 is 0 Å². The minimum atomic E-state index is -0.224. The number of hydrogen-bond donors (Lipinski definition) is 0. The van der Waals surface area contributed by atoms with Gasteiger partial charge in [-0.05, 0) is 41.0 Å². The van der Waals surface area contributed by atoms with Crippen LogP contribution in [0.2, 0.25) is 0 Å². The Morgan fingerprint density at radius 1 is 1.40 bits per heavy atom. The zero-order valence-corrected chi connectivity index (χ0v) is 9.84. The summed E-state index contributed by atoms with van der Waals surface area (Å²) in [6.07, 6.45) is 1.89. The van der Waals surface area contributed by atoms with E-state index in [2.05, 4.69) is 19.9 Å². The molecule has 1 aromatic carbocycles. The Morgan fingerprint density at radius 3 is 2.73 bits per heavy atom. The van der Waals surface area contributed by atoms with Crippen LogP contribution in [0.5, 0.6) is 0 Å². The summed E-state index contributed by atoms with van der Waals surface area (Å²) in [7, 11) is 0. The number of carbonyl (C=O) groups is 1. The average molecular weight is 223 g/mol. The summed E-state index contributed by atoms with van der Waals surface area (Å²) < 4.78 is 0. The fraction of sp³-hybridized carbons (Fsp3) is 0.462. The highest BCUT2D eigenvalue weighted by Crippen LogP contribution is 2.43. The average Bonchev–Trinajstić information content (AvgIpc) is 2.17. The van der Waals surface area contributed by atoms with E-state index in [4.69, 9.17) is 11.6 Å². The number of rotatable bonds is 1. The molecular weight excluding hydrogens is 208 g/mol. The number of carbonyl (C=O) groups excluding carboxylic acids is 1. The minimum absolute atomic E-state index is 0.101. The Bertz CT molecular complexity index is 395. The van der Waals surface area contributed by atoms with Crippen LogP contribution < -0.4 is 0 Å². The highest BCUT2D eigenvalue weighted by atomic mass is 35.5. The largest absolute Gasteiger partial charge is 0.281 e. The van der Waals surface area contributed by atoms with Gasteiger partial charge in [-0.1, -0.05) is 38.1 Å². The molecule has 2 rings (SSSR count). The van der Waals surface area contributed by atoms with E-state index in [9.17, 15) is 4.79 Å². The second-order valence-electron chi connectivity index (χ2n) is 4.87. The van der Waals surface area contributed by atoms with E-state index in [0.29, 0.717) is 0 Å². The van der Waals surface area contributed by atoms with Crippen LogP contribution in [0.25, 0.3) is 0 Å². The molecule has 2 heteroatoms. The van der Waals surface area contributed by atoms with E-state index in [-0.39, 0.29) is 16.6 Å². The van der Waals surface area contributed by atoms with Crippen molar-refractivity contribution >= 4 is 16.8 Å². The lowest BCUT2D eigenvalue weighted by Crippen LogP contribution is -2.28. The van der Waals surface area contributed by atoms with Crippen LogP contribution in [0.1, 0.15) is 43.7 Å². The standard InChI is InChI=1S/C13H15ClO/c1-13(2)8-7-10(12(14)15)9-5-3-4-6-11(9)13/h3-6,10H,7-8H2,1-2H3. The van der Waals surface area contributed by atoms with Crippen LogP contribution in [0, 0.1) is 0 Å². The van der Waals surface area contributed by atoms with E-state index in [1.54, 1.807) is 0 Å². The van der Waals surface area contributed by atoms with Crippen molar-refractivity contribution in [2.45, 2.75) is 38.0 Å². The molecule has 0 saturated heterocycles. The summed E-state index contributed by atoms with van der Waals surface area (Å²) in [4.78, 5) is 11.3. The number of halogens is 1. The Morgan fingerprint density at radius 2 is 2.07 bits per heavy atom. The third kappa shape index (κ3) is 1.81. The molecule has 0 aliphatic heterocycles. The van der Waals surface area contributed by atoms with Gasteiger partial charge in [0.25, 0.3) is 0 Å². The van der Waals surface area contributed by atoms with Crippen molar-refractivity contribution in [2.75, 3.05) is 0 Å². The van der Waals surface area contributed by atoms with Gasteiger partial charge in [-0.2, -0.15) is 0 Å². The molecule has 0 aromatic heterocycles. The first kappa shape index (κ1) is 10.7. The van der Waals surface area contributed by atoms with Gasteiger partial charge >= 0.3 is 0 Å². The molecule has 0 spiro atoms. The first-order valence-corrected chi connectivity index (χ1v) is 5.69. The molecule has 1 nitrogen and oxygen atoms in total. The smallest absolute Gasteiger partial charge is 0.229 e. The number of benzene rings is 1. The zero-order chi connectivity index (χ0) is 11.1. The Labute approximate surface area is 95.4 Å². The maximum atomic E-state index is 11.3. The van der Waals surface area contributed by atoms with Crippen LogP contribution in [-0.4, -0.2) is 5.24 Å². The lowest BCUT2D eigenvalue weighted by Gasteiger charge is -2.35. The predicted molar refractivity (Wildman–Crippen MR) is 62.3 cm³/mol. The molecule has 0 fully saturated rings. The van der Waals surface area contributed by atoms with Gasteiger partial charge in [0.05, 0.1) is 5.92 Å². The fourth-order valence-corrected chi connectivity index (χ4v) is 2.67. The maximum absolute atomic E-state index is 11.3. The molecule has 1 aliphatic carbocycles. The first-order chi connectivity index (χ1) is 7.02. The molecule has 0 heterocycles. The maximum Gasteiger partial charge on any atom is 0.229 e. The Kier molecular flexibility index (Phi) is 2.59. The molecule has 0 bridgehead atoms. The molecular formula is C13H15ClO. The predicted octanol–water partition coefficient (Wildman–Crippen LogP) is 3.61. The van der Waals surface area contributed by atoms with Gasteiger partial charge in [-0.3, -0.25) is 4.79 Å². The molecule has 0 saturated carbocycles. The van der Waals surface area contributed by atoms with Gasteiger partial charge in [-0.15, -0.1) is 0 Å². The van der Waals surface area contributed by atoms with Crippen LogP contribution in [0.15, 0.2) is 24.3 Å². The van der Waals surface area contributed by atoms with Gasteiger partial charge in [0, 0.05) is 0 Å². The fourth-order valence-electron chi connectivity index (χ4n) is 2.45. The second-order valence-corrected chi connectivity index (χ2v) is 5.24. The molecule has 1 unspecified atom stereocenters. The number of fused-ring (bicyclic) bond motifs is 1. The topological polar surface area (TPSA) is 17.1 Å². The lowest BCUT2D eigenvalue weighted by molar-refractivity contribution is -0.113. The summed E-state index contributed by atoms with van der Waals surface area (Å²) in [6, 6.07) is 8.15. The second kappa shape index (κ2) is 3.64. The highest BCUT2D eigenvalue weighted by molar-refractivity contribution is 6.64. The third-order valence-corrected chi connectivity index (χ3v) is 3.66. The molecule has 15 heavy (non-hydrogen) atoms. The van der Waals surface area contributed by atoms with Crippen molar-refractivity contribution in [1.82, 2.24) is 0 Å². The monoisotopic (exact) mass is 222 g/mol. The van der Waals surface area contributed by atoms with Crippen LogP contribution >= 0.6 is 11.6 Å². The molecule has 1 aliphatic rings. The summed E-state index contributed by atoms with van der Waals surface area (Å²) >= 11 is 5.64. The van der Waals surface area contributed by atoms with Crippen molar-refractivity contribution in [3.8, 4) is 0 Å². The normalized spacial score (nSPS) is 23.3. The van der Waals surface area contributed by atoms with Gasteiger partial charge in [-0.25, -0.2) is 0 Å². The zero-order valence-electron chi connectivity index (χ0n) is 9.09. The molecule has 0 radical (unpaired) electrons. The van der Waals surface area contributed by atoms with Crippen molar-refractivity contribution in [1.29, 1.82) is 0 Å². The Hall–Kier alpha value is -0.820. The van der Waals surface area contributed by atoms with E-state index < -0.39 is 0 Å². The first-order valence-electron chi connectivity index (χ1n) is 5.31. The SMILES string of the molecule is CC1(C)CCC(C(=O)Cl)c2ccccc21. The van der Waals surface area contributed by atoms with Gasteiger partial charge < -0.3 is 0 Å². The highest BCUT2D eigenvalue weighted by Gasteiger charge is 2.34. The molecule has 1 aromatic rings. The molecule has 0 amide bonds. The van der Waals surface area contributed by atoms with Crippen molar-refractivity contribution in [2.24, 2.45) is 0 Å². The summed E-state index contributed by atoms with van der Waals surface area (Å²) in [6.45, 7) is 4.45. The van der Waals surface area contributed by atoms with Crippen LogP contribution in [0.3, 0.4) is 0 Å². The van der Waals surface area contributed by atoms with Crippen molar-refractivity contribution in [3.63, 3.8) is 0 Å². The quantitative estimate of drug-likeness (QED) is 0.664. The van der Waals surface area contributed by atoms with E-state index in [0.717, 1.165) is 18.4 Å². The van der Waals surface area contributed by atoms with Gasteiger partial charge in [0.2, 0.25) is 5.24 Å². The van der Waals surface area contributed by atoms with E-state index in [1.807, 2.05) is 18.2 Å². The molecule has 80 valence electrons. The van der Waals surface area contributed by atoms with Gasteiger partial charge in [0.15, 0.2) is 0 Å². The molecule has 1 atom stereocenters. The van der Waals surface area contributed by atoms with Crippen LogP contribution in [0.4, 0.5) is 0 Å². The number of hydrogen-bond acceptors (Lipinski definition) is 1. The summed E-state index contributed by atoms with van der Waals surface area (Å²) in [5.41, 5.74) is 2.56.